The van der Waals surface area contributed by atoms with Gasteiger partial charge in [-0.25, -0.2) is 0 Å². The van der Waals surface area contributed by atoms with Gasteiger partial charge in [-0.3, -0.25) is 9.89 Å². The summed E-state index contributed by atoms with van der Waals surface area (Å²) in [5.74, 6) is -1.91. The van der Waals surface area contributed by atoms with Gasteiger partial charge in [0.25, 0.3) is 5.91 Å². The fourth-order valence-corrected chi connectivity index (χ4v) is 2.30. The van der Waals surface area contributed by atoms with Crippen LogP contribution in [0, 0.1) is 0 Å². The van der Waals surface area contributed by atoms with Gasteiger partial charge in [0.15, 0.2) is 0 Å². The standard InChI is InChI=1S/C8H9Br2N3O4.K/c9-6-5(7(10)13-12-6)8(17)11-3(2-14)1-4(15)16;/h3,14H,1-2H2,(H,11,17)(H,12,13)(H,15,16);/q;+1/p-1/t3-;/m0./s1. The summed E-state index contributed by atoms with van der Waals surface area (Å²) in [6.45, 7) is -0.493. The molecule has 0 saturated heterocycles. The maximum atomic E-state index is 11.7. The maximum Gasteiger partial charge on any atom is 1.00 e. The van der Waals surface area contributed by atoms with Crippen LogP contribution in [0.2, 0.25) is 0 Å². The van der Waals surface area contributed by atoms with E-state index in [1.54, 1.807) is 0 Å². The molecule has 94 valence electrons. The minimum atomic E-state index is -1.35. The molecule has 18 heavy (non-hydrogen) atoms. The number of rotatable bonds is 5. The van der Waals surface area contributed by atoms with Gasteiger partial charge in [0.05, 0.1) is 12.6 Å². The van der Waals surface area contributed by atoms with Gasteiger partial charge >= 0.3 is 51.4 Å². The molecule has 0 aliphatic rings. The molecule has 1 rings (SSSR count). The number of aromatic amines is 1. The molecule has 0 spiro atoms. The molecule has 1 heterocycles. The summed E-state index contributed by atoms with van der Waals surface area (Å²) in [6, 6.07) is -0.902. The Balaban J connectivity index is 0.00000289. The molecule has 0 saturated carbocycles. The van der Waals surface area contributed by atoms with Crippen LogP contribution in [0.3, 0.4) is 0 Å². The van der Waals surface area contributed by atoms with Crippen LogP contribution in [0.4, 0.5) is 0 Å². The number of halogens is 2. The second-order valence-corrected chi connectivity index (χ2v) is 4.68. The van der Waals surface area contributed by atoms with Crippen molar-refractivity contribution in [3.8, 4) is 0 Å². The molecule has 1 aromatic heterocycles. The van der Waals surface area contributed by atoms with Crippen molar-refractivity contribution in [1.82, 2.24) is 15.5 Å². The molecule has 1 amide bonds. The zero-order valence-corrected chi connectivity index (χ0v) is 15.7. The molecular formula is C8H8Br2KN3O4. The number of nitrogens with one attached hydrogen (secondary N) is 2. The summed E-state index contributed by atoms with van der Waals surface area (Å²) in [5, 5.41) is 27.9. The number of aliphatic hydroxyl groups excluding tert-OH is 1. The first-order valence-electron chi connectivity index (χ1n) is 4.46. The van der Waals surface area contributed by atoms with Crippen molar-refractivity contribution in [3.63, 3.8) is 0 Å². The Morgan fingerprint density at radius 3 is 2.50 bits per heavy atom. The summed E-state index contributed by atoms with van der Waals surface area (Å²) in [4.78, 5) is 22.1. The minimum Gasteiger partial charge on any atom is -0.550 e. The Morgan fingerprint density at radius 1 is 1.50 bits per heavy atom. The number of hydrogen-bond donors (Lipinski definition) is 3. The van der Waals surface area contributed by atoms with Crippen LogP contribution in [-0.4, -0.2) is 39.8 Å². The predicted molar refractivity (Wildman–Crippen MR) is 62.0 cm³/mol. The number of amides is 1. The summed E-state index contributed by atoms with van der Waals surface area (Å²) in [7, 11) is 0. The van der Waals surface area contributed by atoms with Crippen molar-refractivity contribution >= 4 is 43.7 Å². The summed E-state index contributed by atoms with van der Waals surface area (Å²) >= 11 is 6.14. The van der Waals surface area contributed by atoms with E-state index < -0.39 is 30.9 Å². The van der Waals surface area contributed by atoms with E-state index in [1.807, 2.05) is 0 Å². The molecule has 0 aliphatic heterocycles. The molecule has 0 aliphatic carbocycles. The molecule has 0 bridgehead atoms. The quantitative estimate of drug-likeness (QED) is 0.431. The van der Waals surface area contributed by atoms with Crippen LogP contribution in [0.1, 0.15) is 16.8 Å². The molecule has 0 unspecified atom stereocenters. The number of aliphatic hydroxyl groups is 1. The average molecular weight is 409 g/mol. The van der Waals surface area contributed by atoms with Crippen molar-refractivity contribution in [2.24, 2.45) is 0 Å². The largest absolute Gasteiger partial charge is 1.00 e. The zero-order valence-electron chi connectivity index (χ0n) is 9.37. The van der Waals surface area contributed by atoms with Crippen molar-refractivity contribution < 1.29 is 71.2 Å². The molecule has 1 aromatic rings. The molecule has 0 radical (unpaired) electrons. The molecule has 0 fully saturated rings. The predicted octanol–water partition coefficient (Wildman–Crippen LogP) is -3.83. The Bertz CT molecular complexity index is 420. The fraction of sp³-hybridized carbons (Fsp3) is 0.375. The van der Waals surface area contributed by atoms with E-state index in [1.165, 1.54) is 0 Å². The first kappa shape index (κ1) is 18.7. The van der Waals surface area contributed by atoms with Crippen molar-refractivity contribution in [3.05, 3.63) is 14.8 Å². The summed E-state index contributed by atoms with van der Waals surface area (Å²) in [5.41, 5.74) is 0.196. The third kappa shape index (κ3) is 5.37. The molecule has 7 nitrogen and oxygen atoms in total. The first-order chi connectivity index (χ1) is 7.95. The number of nitrogens with zero attached hydrogens (tertiary/aromatic N) is 1. The molecule has 0 aromatic carbocycles. The van der Waals surface area contributed by atoms with Gasteiger partial charge < -0.3 is 20.3 Å². The Labute approximate surface area is 162 Å². The zero-order chi connectivity index (χ0) is 13.0. The van der Waals surface area contributed by atoms with E-state index >= 15 is 0 Å². The van der Waals surface area contributed by atoms with E-state index in [0.717, 1.165) is 0 Å². The Morgan fingerprint density at radius 2 is 2.11 bits per heavy atom. The second kappa shape index (κ2) is 8.79. The Kier molecular flexibility index (Phi) is 9.14. The first-order valence-corrected chi connectivity index (χ1v) is 6.05. The number of carboxylic acid groups (broad SMARTS) is 1. The van der Waals surface area contributed by atoms with E-state index in [9.17, 15) is 14.7 Å². The maximum absolute atomic E-state index is 11.7. The number of carbonyl (C=O) groups is 2. The van der Waals surface area contributed by atoms with Crippen LogP contribution < -0.4 is 61.8 Å². The third-order valence-corrected chi connectivity index (χ3v) is 3.02. The fourth-order valence-electron chi connectivity index (χ4n) is 1.11. The van der Waals surface area contributed by atoms with Crippen LogP contribution >= 0.6 is 31.9 Å². The number of aromatic nitrogens is 2. The average Bonchev–Trinajstić information content (AvgIpc) is 2.56. The number of carboxylic acids is 1. The third-order valence-electron chi connectivity index (χ3n) is 1.87. The van der Waals surface area contributed by atoms with E-state index in [0.29, 0.717) is 4.60 Å². The van der Waals surface area contributed by atoms with E-state index in [-0.39, 0.29) is 61.6 Å². The topological polar surface area (TPSA) is 118 Å². The number of H-pyrrole nitrogens is 1. The van der Waals surface area contributed by atoms with Gasteiger partial charge in [-0.2, -0.15) is 5.10 Å². The van der Waals surface area contributed by atoms with Crippen molar-refractivity contribution in [2.45, 2.75) is 12.5 Å². The van der Waals surface area contributed by atoms with Crippen LogP contribution in [-0.2, 0) is 4.79 Å². The molecule has 10 heteroatoms. The van der Waals surface area contributed by atoms with Gasteiger partial charge in [0.2, 0.25) is 0 Å². The van der Waals surface area contributed by atoms with Crippen LogP contribution in [0.5, 0.6) is 0 Å². The van der Waals surface area contributed by atoms with Crippen LogP contribution in [0.25, 0.3) is 0 Å². The smallest absolute Gasteiger partial charge is 0.550 e. The van der Waals surface area contributed by atoms with Gasteiger partial charge in [-0.05, 0) is 31.9 Å². The van der Waals surface area contributed by atoms with Gasteiger partial charge in [-0.1, -0.05) is 0 Å². The van der Waals surface area contributed by atoms with Crippen molar-refractivity contribution in [2.75, 3.05) is 6.61 Å². The number of hydrogen-bond acceptors (Lipinski definition) is 5. The van der Waals surface area contributed by atoms with E-state index in [2.05, 4.69) is 47.4 Å². The van der Waals surface area contributed by atoms with E-state index in [4.69, 9.17) is 5.11 Å². The molecule has 1 atom stereocenters. The molecular weight excluding hydrogens is 401 g/mol. The van der Waals surface area contributed by atoms with Crippen molar-refractivity contribution in [1.29, 1.82) is 0 Å². The Hall–Kier alpha value is 0.706. The monoisotopic (exact) mass is 407 g/mol. The number of aliphatic carboxylic acids is 1. The van der Waals surface area contributed by atoms with Gasteiger partial charge in [0.1, 0.15) is 14.8 Å². The SMILES string of the molecule is O=C([O-])C[C@@H](CO)NC(=O)c1c(Br)n[nH]c1Br.[K+]. The minimum absolute atomic E-state index is 0. The second-order valence-electron chi connectivity index (χ2n) is 3.13. The van der Waals surface area contributed by atoms with Gasteiger partial charge in [-0.15, -0.1) is 0 Å². The normalized spacial score (nSPS) is 11.5. The summed E-state index contributed by atoms with van der Waals surface area (Å²) in [6.07, 6.45) is -0.463. The molecule has 3 N–H and O–H groups in total. The summed E-state index contributed by atoms with van der Waals surface area (Å²) < 4.78 is 0.638. The number of carbonyl (C=O) groups excluding carboxylic acids is 2. The van der Waals surface area contributed by atoms with Crippen LogP contribution in [0.15, 0.2) is 9.21 Å². The van der Waals surface area contributed by atoms with Gasteiger partial charge in [0, 0.05) is 12.4 Å².